The fourth-order valence-corrected chi connectivity index (χ4v) is 1.34. The van der Waals surface area contributed by atoms with Gasteiger partial charge < -0.3 is 4.84 Å². The van der Waals surface area contributed by atoms with Gasteiger partial charge in [-0.3, -0.25) is 0 Å². The molecule has 0 saturated carbocycles. The van der Waals surface area contributed by atoms with E-state index in [2.05, 4.69) is 19.0 Å². The molecular formula is C9H16ClNO. The number of alkyl halides is 1. The van der Waals surface area contributed by atoms with E-state index in [1.54, 1.807) is 0 Å². The van der Waals surface area contributed by atoms with E-state index in [-0.39, 0.29) is 6.10 Å². The van der Waals surface area contributed by atoms with Crippen LogP contribution >= 0.6 is 11.6 Å². The Morgan fingerprint density at radius 1 is 1.67 bits per heavy atom. The standard InChI is InChI=1S/C9H16ClNO/c1-7(2)3-4-8-5-9(6-10)12-11-8/h7,9H,3-6H2,1-2H3. The predicted molar refractivity (Wildman–Crippen MR) is 51.7 cm³/mol. The summed E-state index contributed by atoms with van der Waals surface area (Å²) in [5, 5.41) is 3.99. The summed E-state index contributed by atoms with van der Waals surface area (Å²) in [4.78, 5) is 5.10. The second-order valence-electron chi connectivity index (χ2n) is 3.68. The lowest BCUT2D eigenvalue weighted by Crippen LogP contribution is -2.09. The zero-order valence-corrected chi connectivity index (χ0v) is 8.47. The van der Waals surface area contributed by atoms with Crippen LogP contribution in [0.15, 0.2) is 5.16 Å². The average Bonchev–Trinajstić information content (AvgIpc) is 2.48. The van der Waals surface area contributed by atoms with Crippen molar-refractivity contribution in [2.75, 3.05) is 5.88 Å². The lowest BCUT2D eigenvalue weighted by molar-refractivity contribution is 0.102. The van der Waals surface area contributed by atoms with Crippen molar-refractivity contribution in [3.63, 3.8) is 0 Å². The molecule has 70 valence electrons. The molecule has 0 amide bonds. The minimum Gasteiger partial charge on any atom is -0.391 e. The number of hydrogen-bond donors (Lipinski definition) is 0. The highest BCUT2D eigenvalue weighted by Crippen LogP contribution is 2.16. The molecular weight excluding hydrogens is 174 g/mol. The lowest BCUT2D eigenvalue weighted by Gasteiger charge is -2.02. The molecule has 0 spiro atoms. The summed E-state index contributed by atoms with van der Waals surface area (Å²) >= 11 is 5.64. The van der Waals surface area contributed by atoms with Crippen LogP contribution in [-0.4, -0.2) is 17.7 Å². The fraction of sp³-hybridized carbons (Fsp3) is 0.889. The van der Waals surface area contributed by atoms with Gasteiger partial charge in [-0.05, 0) is 18.8 Å². The van der Waals surface area contributed by atoms with Crippen molar-refractivity contribution < 1.29 is 4.84 Å². The molecule has 0 aromatic heterocycles. The van der Waals surface area contributed by atoms with Crippen LogP contribution in [0.5, 0.6) is 0 Å². The summed E-state index contributed by atoms with van der Waals surface area (Å²) in [6, 6.07) is 0. The first-order valence-corrected chi connectivity index (χ1v) is 5.03. The Hall–Kier alpha value is -0.240. The highest BCUT2D eigenvalue weighted by atomic mass is 35.5. The molecule has 1 rings (SSSR count). The van der Waals surface area contributed by atoms with Crippen molar-refractivity contribution in [3.8, 4) is 0 Å². The number of nitrogens with zero attached hydrogens (tertiary/aromatic N) is 1. The zero-order chi connectivity index (χ0) is 8.97. The highest BCUT2D eigenvalue weighted by Gasteiger charge is 2.19. The Bertz CT molecular complexity index is 168. The van der Waals surface area contributed by atoms with Gasteiger partial charge in [0.1, 0.15) is 6.10 Å². The molecule has 0 bridgehead atoms. The first kappa shape index (κ1) is 9.85. The SMILES string of the molecule is CC(C)CCC1=NOC(CCl)C1. The van der Waals surface area contributed by atoms with Gasteiger partial charge in [0.15, 0.2) is 0 Å². The van der Waals surface area contributed by atoms with Gasteiger partial charge >= 0.3 is 0 Å². The number of oxime groups is 1. The van der Waals surface area contributed by atoms with E-state index in [4.69, 9.17) is 16.4 Å². The highest BCUT2D eigenvalue weighted by molar-refractivity contribution is 6.18. The van der Waals surface area contributed by atoms with E-state index in [0.29, 0.717) is 5.88 Å². The molecule has 12 heavy (non-hydrogen) atoms. The van der Waals surface area contributed by atoms with Gasteiger partial charge in [-0.15, -0.1) is 11.6 Å². The van der Waals surface area contributed by atoms with Gasteiger partial charge in [0.2, 0.25) is 0 Å². The maximum absolute atomic E-state index is 5.64. The van der Waals surface area contributed by atoms with E-state index in [9.17, 15) is 0 Å². The summed E-state index contributed by atoms with van der Waals surface area (Å²) in [6.45, 7) is 4.44. The van der Waals surface area contributed by atoms with E-state index in [1.807, 2.05) is 0 Å². The molecule has 3 heteroatoms. The molecule has 1 aliphatic heterocycles. The van der Waals surface area contributed by atoms with Crippen LogP contribution in [0.1, 0.15) is 33.1 Å². The van der Waals surface area contributed by atoms with Gasteiger partial charge in [0.25, 0.3) is 0 Å². The molecule has 2 nitrogen and oxygen atoms in total. The Labute approximate surface area is 78.9 Å². The molecule has 1 atom stereocenters. The summed E-state index contributed by atoms with van der Waals surface area (Å²) in [6.07, 6.45) is 3.31. The number of hydrogen-bond acceptors (Lipinski definition) is 2. The molecule has 0 saturated heterocycles. The van der Waals surface area contributed by atoms with Crippen LogP contribution < -0.4 is 0 Å². The van der Waals surface area contributed by atoms with Crippen molar-refractivity contribution in [3.05, 3.63) is 0 Å². The van der Waals surface area contributed by atoms with E-state index >= 15 is 0 Å². The van der Waals surface area contributed by atoms with Crippen LogP contribution in [0.3, 0.4) is 0 Å². The Morgan fingerprint density at radius 2 is 2.42 bits per heavy atom. The molecule has 1 unspecified atom stereocenters. The quantitative estimate of drug-likeness (QED) is 0.624. The van der Waals surface area contributed by atoms with Gasteiger partial charge in [-0.2, -0.15) is 0 Å². The van der Waals surface area contributed by atoms with Crippen molar-refractivity contribution in [1.29, 1.82) is 0 Å². The molecule has 0 N–H and O–H groups in total. The minimum atomic E-state index is 0.133. The molecule has 1 aliphatic rings. The summed E-state index contributed by atoms with van der Waals surface area (Å²) in [7, 11) is 0. The first-order valence-electron chi connectivity index (χ1n) is 4.50. The molecule has 0 aromatic carbocycles. The number of halogens is 1. The van der Waals surface area contributed by atoms with Crippen molar-refractivity contribution in [2.45, 2.75) is 39.2 Å². The topological polar surface area (TPSA) is 21.6 Å². The van der Waals surface area contributed by atoms with E-state index < -0.39 is 0 Å². The molecule has 1 heterocycles. The van der Waals surface area contributed by atoms with Gasteiger partial charge in [-0.25, -0.2) is 0 Å². The van der Waals surface area contributed by atoms with Crippen molar-refractivity contribution in [2.24, 2.45) is 11.1 Å². The van der Waals surface area contributed by atoms with E-state index in [0.717, 1.165) is 18.8 Å². The molecule has 0 fully saturated rings. The molecule has 0 aromatic rings. The fourth-order valence-electron chi connectivity index (χ4n) is 1.17. The van der Waals surface area contributed by atoms with Crippen LogP contribution in [0.25, 0.3) is 0 Å². The maximum Gasteiger partial charge on any atom is 0.146 e. The van der Waals surface area contributed by atoms with Crippen LogP contribution in [0.2, 0.25) is 0 Å². The van der Waals surface area contributed by atoms with Crippen LogP contribution in [0.4, 0.5) is 0 Å². The smallest absolute Gasteiger partial charge is 0.146 e. The second-order valence-corrected chi connectivity index (χ2v) is 3.98. The van der Waals surface area contributed by atoms with Crippen LogP contribution in [-0.2, 0) is 4.84 Å². The molecule has 0 aliphatic carbocycles. The Morgan fingerprint density at radius 3 is 2.92 bits per heavy atom. The minimum absolute atomic E-state index is 0.133. The third-order valence-electron chi connectivity index (χ3n) is 1.98. The summed E-state index contributed by atoms with van der Waals surface area (Å²) in [5.41, 5.74) is 1.18. The summed E-state index contributed by atoms with van der Waals surface area (Å²) in [5.74, 6) is 1.29. The van der Waals surface area contributed by atoms with Gasteiger partial charge in [0.05, 0.1) is 11.6 Å². The zero-order valence-electron chi connectivity index (χ0n) is 7.72. The largest absolute Gasteiger partial charge is 0.391 e. The molecule has 0 radical (unpaired) electrons. The Balaban J connectivity index is 2.18. The first-order chi connectivity index (χ1) is 5.72. The van der Waals surface area contributed by atoms with Gasteiger partial charge in [-0.1, -0.05) is 19.0 Å². The average molecular weight is 190 g/mol. The third-order valence-corrected chi connectivity index (χ3v) is 2.32. The summed E-state index contributed by atoms with van der Waals surface area (Å²) < 4.78 is 0. The van der Waals surface area contributed by atoms with Gasteiger partial charge in [0, 0.05) is 6.42 Å². The van der Waals surface area contributed by atoms with Crippen molar-refractivity contribution in [1.82, 2.24) is 0 Å². The maximum atomic E-state index is 5.64. The normalized spacial score (nSPS) is 22.7. The second kappa shape index (κ2) is 4.70. The monoisotopic (exact) mass is 189 g/mol. The van der Waals surface area contributed by atoms with Crippen LogP contribution in [0, 0.1) is 5.92 Å². The van der Waals surface area contributed by atoms with Crippen molar-refractivity contribution >= 4 is 17.3 Å². The lowest BCUT2D eigenvalue weighted by atomic mass is 10.0. The predicted octanol–water partition coefficient (Wildman–Crippen LogP) is 2.81. The number of rotatable bonds is 4. The Kier molecular flexibility index (Phi) is 3.86. The van der Waals surface area contributed by atoms with E-state index in [1.165, 1.54) is 12.1 Å². The third kappa shape index (κ3) is 3.02.